The molecule has 0 saturated carbocycles. The van der Waals surface area contributed by atoms with Crippen molar-refractivity contribution in [3.8, 4) is 5.75 Å². The molecule has 0 heterocycles. The van der Waals surface area contributed by atoms with Gasteiger partial charge in [-0.2, -0.15) is 0 Å². The van der Waals surface area contributed by atoms with Crippen LogP contribution < -0.4 is 4.74 Å². The molecule has 0 aromatic heterocycles. The first-order valence-electron chi connectivity index (χ1n) is 5.52. The molecule has 1 atom stereocenters. The normalized spacial score (nSPS) is 11.6. The molecule has 0 radical (unpaired) electrons. The van der Waals surface area contributed by atoms with Crippen molar-refractivity contribution in [2.75, 3.05) is 7.11 Å². The highest BCUT2D eigenvalue weighted by molar-refractivity contribution is 5.70. The summed E-state index contributed by atoms with van der Waals surface area (Å²) in [5.41, 5.74) is -0.169. The highest BCUT2D eigenvalue weighted by Crippen LogP contribution is 2.32. The summed E-state index contributed by atoms with van der Waals surface area (Å²) < 4.78 is 14.7. The molecule has 0 spiro atoms. The monoisotopic (exact) mass is 283 g/mol. The number of nitro benzene ring substituents is 1. The van der Waals surface area contributed by atoms with Gasteiger partial charge in [-0.1, -0.05) is 0 Å². The fourth-order valence-corrected chi connectivity index (χ4v) is 1.47. The number of non-ortho nitro benzene ring substituents is 1. The van der Waals surface area contributed by atoms with Crippen molar-refractivity contribution in [2.45, 2.75) is 20.1 Å². The van der Waals surface area contributed by atoms with Crippen LogP contribution in [0, 0.1) is 10.1 Å². The molecular weight excluding hydrogens is 270 g/mol. The van der Waals surface area contributed by atoms with Crippen LogP contribution >= 0.6 is 0 Å². The van der Waals surface area contributed by atoms with Gasteiger partial charge in [-0.15, -0.1) is 0 Å². The molecule has 20 heavy (non-hydrogen) atoms. The van der Waals surface area contributed by atoms with Crippen molar-refractivity contribution >= 4 is 17.6 Å². The molecule has 0 aliphatic carbocycles. The fraction of sp³-hybridized carbons (Fsp3) is 0.333. The van der Waals surface area contributed by atoms with Gasteiger partial charge in [-0.3, -0.25) is 19.7 Å². The van der Waals surface area contributed by atoms with Gasteiger partial charge in [0.1, 0.15) is 5.75 Å². The highest BCUT2D eigenvalue weighted by atomic mass is 16.7. The lowest BCUT2D eigenvalue weighted by Crippen LogP contribution is -2.13. The van der Waals surface area contributed by atoms with Crippen LogP contribution in [0.3, 0.4) is 0 Å². The Kier molecular flexibility index (Phi) is 5.15. The average Bonchev–Trinajstić information content (AvgIpc) is 2.35. The van der Waals surface area contributed by atoms with Gasteiger partial charge in [0.05, 0.1) is 10.5 Å². The first kappa shape index (κ1) is 15.6. The molecule has 108 valence electrons. The lowest BCUT2D eigenvalue weighted by Gasteiger charge is -2.17. The largest absolute Gasteiger partial charge is 0.431 e. The van der Waals surface area contributed by atoms with E-state index in [1.807, 2.05) is 0 Å². The number of nitrogens with zero attached hydrogens (tertiary/aromatic N) is 1. The third-order valence-corrected chi connectivity index (χ3v) is 2.20. The smallest absolute Gasteiger partial charge is 0.308 e. The van der Waals surface area contributed by atoms with Crippen LogP contribution in [-0.4, -0.2) is 24.0 Å². The van der Waals surface area contributed by atoms with E-state index in [0.29, 0.717) is 0 Å². The average molecular weight is 283 g/mol. The maximum absolute atomic E-state index is 11.0. The lowest BCUT2D eigenvalue weighted by atomic mass is 10.1. The summed E-state index contributed by atoms with van der Waals surface area (Å²) in [5, 5.41) is 10.8. The Labute approximate surface area is 114 Å². The van der Waals surface area contributed by atoms with Crippen LogP contribution in [0.15, 0.2) is 18.2 Å². The second-order valence-electron chi connectivity index (χ2n) is 3.75. The summed E-state index contributed by atoms with van der Waals surface area (Å²) in [4.78, 5) is 32.2. The molecule has 0 saturated heterocycles. The lowest BCUT2D eigenvalue weighted by molar-refractivity contribution is -0.385. The van der Waals surface area contributed by atoms with Crippen molar-refractivity contribution in [3.63, 3.8) is 0 Å². The highest BCUT2D eigenvalue weighted by Gasteiger charge is 2.23. The Bertz CT molecular complexity index is 541. The van der Waals surface area contributed by atoms with E-state index in [-0.39, 0.29) is 17.0 Å². The minimum absolute atomic E-state index is 0.0243. The number of esters is 2. The van der Waals surface area contributed by atoms with Crippen molar-refractivity contribution < 1.29 is 28.7 Å². The van der Waals surface area contributed by atoms with E-state index < -0.39 is 23.2 Å². The summed E-state index contributed by atoms with van der Waals surface area (Å²) in [6.45, 7) is 2.34. The van der Waals surface area contributed by atoms with Crippen LogP contribution in [0.4, 0.5) is 5.69 Å². The zero-order valence-corrected chi connectivity index (χ0v) is 11.1. The number of ether oxygens (including phenoxy) is 3. The van der Waals surface area contributed by atoms with Gasteiger partial charge in [0.2, 0.25) is 6.29 Å². The Balaban J connectivity index is 3.27. The first-order chi connectivity index (χ1) is 9.35. The van der Waals surface area contributed by atoms with Gasteiger partial charge in [-0.25, -0.2) is 0 Å². The summed E-state index contributed by atoms with van der Waals surface area (Å²) in [5.74, 6) is -1.23. The number of methoxy groups -OCH3 is 1. The van der Waals surface area contributed by atoms with Crippen LogP contribution in [0.25, 0.3) is 0 Å². The summed E-state index contributed by atoms with van der Waals surface area (Å²) >= 11 is 0. The molecule has 0 aliphatic heterocycles. The Morgan fingerprint density at radius 2 is 1.90 bits per heavy atom. The van der Waals surface area contributed by atoms with Crippen LogP contribution in [0.2, 0.25) is 0 Å². The fourth-order valence-electron chi connectivity index (χ4n) is 1.47. The summed E-state index contributed by atoms with van der Waals surface area (Å²) in [6, 6.07) is 3.53. The zero-order chi connectivity index (χ0) is 15.3. The van der Waals surface area contributed by atoms with E-state index in [1.165, 1.54) is 26.2 Å². The maximum Gasteiger partial charge on any atom is 0.308 e. The van der Waals surface area contributed by atoms with Gasteiger partial charge < -0.3 is 14.2 Å². The summed E-state index contributed by atoms with van der Waals surface area (Å²) in [6.07, 6.45) is -1.21. The second kappa shape index (κ2) is 6.62. The first-order valence-corrected chi connectivity index (χ1v) is 5.52. The van der Waals surface area contributed by atoms with E-state index in [2.05, 4.69) is 0 Å². The number of hydrogen-bond acceptors (Lipinski definition) is 7. The van der Waals surface area contributed by atoms with Crippen molar-refractivity contribution in [2.24, 2.45) is 0 Å². The molecule has 0 bridgehead atoms. The second-order valence-corrected chi connectivity index (χ2v) is 3.75. The molecule has 1 aromatic carbocycles. The molecule has 0 fully saturated rings. The van der Waals surface area contributed by atoms with Crippen molar-refractivity contribution in [3.05, 3.63) is 33.9 Å². The molecule has 0 amide bonds. The van der Waals surface area contributed by atoms with E-state index in [4.69, 9.17) is 14.2 Å². The summed E-state index contributed by atoms with van der Waals surface area (Å²) in [7, 11) is 1.25. The third kappa shape index (κ3) is 4.02. The molecule has 0 aliphatic rings. The minimum Gasteiger partial charge on any atom is -0.431 e. The topological polar surface area (TPSA) is 105 Å². The van der Waals surface area contributed by atoms with E-state index >= 15 is 0 Å². The van der Waals surface area contributed by atoms with E-state index in [1.54, 1.807) is 0 Å². The number of hydrogen-bond donors (Lipinski definition) is 0. The van der Waals surface area contributed by atoms with Gasteiger partial charge in [0, 0.05) is 33.1 Å². The predicted molar refractivity (Wildman–Crippen MR) is 65.9 cm³/mol. The number of rotatable bonds is 5. The Morgan fingerprint density at radius 3 is 2.35 bits per heavy atom. The molecule has 1 rings (SSSR count). The number of nitro groups is 1. The molecule has 8 heteroatoms. The van der Waals surface area contributed by atoms with Crippen LogP contribution in [0.5, 0.6) is 5.75 Å². The standard InChI is InChI=1S/C12H13NO7/c1-7(14)19-11-5-4-9(13(16)17)6-10(11)12(18-3)20-8(2)15/h4-6,12H,1-3H3. The van der Waals surface area contributed by atoms with Crippen molar-refractivity contribution in [1.29, 1.82) is 0 Å². The SMILES string of the molecule is COC(OC(C)=O)c1cc([N+](=O)[O-])ccc1OC(C)=O. The number of carbonyl (C=O) groups excluding carboxylic acids is 2. The van der Waals surface area contributed by atoms with Gasteiger partial charge in [0.25, 0.3) is 5.69 Å². The third-order valence-electron chi connectivity index (χ3n) is 2.20. The molecule has 8 nitrogen and oxygen atoms in total. The van der Waals surface area contributed by atoms with Gasteiger partial charge in [0.15, 0.2) is 0 Å². The quantitative estimate of drug-likeness (QED) is 0.266. The Hall–Kier alpha value is -2.48. The van der Waals surface area contributed by atoms with Crippen LogP contribution in [0.1, 0.15) is 25.7 Å². The maximum atomic E-state index is 11.0. The molecular formula is C12H13NO7. The molecule has 1 aromatic rings. The van der Waals surface area contributed by atoms with E-state index in [0.717, 1.165) is 13.0 Å². The molecule has 1 unspecified atom stereocenters. The van der Waals surface area contributed by atoms with E-state index in [9.17, 15) is 19.7 Å². The molecule has 0 N–H and O–H groups in total. The van der Waals surface area contributed by atoms with Gasteiger partial charge in [-0.05, 0) is 6.07 Å². The van der Waals surface area contributed by atoms with Gasteiger partial charge >= 0.3 is 11.9 Å². The van der Waals surface area contributed by atoms with Crippen molar-refractivity contribution in [1.82, 2.24) is 0 Å². The predicted octanol–water partition coefficient (Wildman–Crippen LogP) is 1.73. The minimum atomic E-state index is -1.21. The zero-order valence-electron chi connectivity index (χ0n) is 11.1. The Morgan fingerprint density at radius 1 is 1.25 bits per heavy atom. The number of benzene rings is 1. The number of carbonyl (C=O) groups is 2. The van der Waals surface area contributed by atoms with Crippen LogP contribution in [-0.2, 0) is 19.1 Å².